The van der Waals surface area contributed by atoms with Crippen LogP contribution < -0.4 is 0 Å². The van der Waals surface area contributed by atoms with Crippen molar-refractivity contribution in [3.05, 3.63) is 239 Å². The summed E-state index contributed by atoms with van der Waals surface area (Å²) in [6.07, 6.45) is 9.83. The molecule has 0 bridgehead atoms. The first-order valence-electron chi connectivity index (χ1n) is 29.9. The first-order valence-corrected chi connectivity index (χ1v) is 31.4. The Bertz CT molecular complexity index is 2950. The minimum Gasteiger partial charge on any atom is -0.244 e. The normalized spacial score (nSPS) is 11.6. The van der Waals surface area contributed by atoms with Gasteiger partial charge in [0.05, 0.1) is 11.6 Å². The summed E-state index contributed by atoms with van der Waals surface area (Å²) >= 11 is 22.5. The maximum absolute atomic E-state index is 13.2. The molecule has 89 heavy (non-hydrogen) atoms. The molecule has 0 N–H and O–H groups in total. The van der Waals surface area contributed by atoms with Gasteiger partial charge >= 0.3 is 0 Å². The van der Waals surface area contributed by atoms with Crippen LogP contribution in [0.2, 0.25) is 20.4 Å². The van der Waals surface area contributed by atoms with Gasteiger partial charge in [0.2, 0.25) is 5.69 Å². The van der Waals surface area contributed by atoms with Gasteiger partial charge in [-0.05, 0) is 189 Å². The van der Waals surface area contributed by atoms with Crippen LogP contribution in [-0.4, -0.2) is 9.97 Å². The number of nitrogens with zero attached hydrogens (tertiary/aromatic N) is 3. The van der Waals surface area contributed by atoms with E-state index in [1.54, 1.807) is 24.4 Å². The zero-order valence-electron chi connectivity index (χ0n) is 56.8. The molecule has 0 saturated heterocycles. The lowest BCUT2D eigenvalue weighted by Crippen LogP contribution is -2.09. The van der Waals surface area contributed by atoms with Crippen LogP contribution in [0.3, 0.4) is 0 Å². The van der Waals surface area contributed by atoms with E-state index >= 15 is 0 Å². The van der Waals surface area contributed by atoms with Crippen LogP contribution in [0.15, 0.2) is 134 Å². The Morgan fingerprint density at radius 3 is 1.02 bits per heavy atom. The first kappa shape index (κ1) is 81.6. The maximum Gasteiger partial charge on any atom is 0.222 e. The lowest BCUT2D eigenvalue weighted by atomic mass is 9.88. The lowest BCUT2D eigenvalue weighted by Gasteiger charge is -2.18. The molecule has 2 aromatic heterocycles. The van der Waals surface area contributed by atoms with Gasteiger partial charge in [-0.3, -0.25) is 0 Å². The van der Waals surface area contributed by atoms with Crippen molar-refractivity contribution in [2.75, 3.05) is 0 Å². The summed E-state index contributed by atoms with van der Waals surface area (Å²) in [6.45, 7) is 51.8. The van der Waals surface area contributed by atoms with E-state index in [2.05, 4.69) is 172 Å². The Morgan fingerprint density at radius 2 is 0.652 bits per heavy atom. The Balaban J connectivity index is 0.000000519. The Kier molecular flexibility index (Phi) is 33.6. The Labute approximate surface area is 552 Å². The number of halogens is 10. The third-order valence-corrected chi connectivity index (χ3v) is 12.8. The van der Waals surface area contributed by atoms with Crippen LogP contribution in [0.1, 0.15) is 184 Å². The minimum atomic E-state index is -0.780. The van der Waals surface area contributed by atoms with E-state index in [9.17, 15) is 26.3 Å². The fraction of sp³-hybridized carbons (Fsp3) is 0.461. The van der Waals surface area contributed by atoms with Crippen molar-refractivity contribution in [2.45, 2.75) is 190 Å². The van der Waals surface area contributed by atoms with Crippen LogP contribution in [0.4, 0.5) is 32.0 Å². The van der Waals surface area contributed by atoms with Gasteiger partial charge in [-0.15, -0.1) is 0 Å². The molecule has 0 aliphatic heterocycles. The molecule has 7 rings (SSSR count). The van der Waals surface area contributed by atoms with Gasteiger partial charge in [-0.1, -0.05) is 246 Å². The average molecular weight is 1310 g/mol. The molecule has 0 unspecified atom stereocenters. The SMILES string of the molecule is CC(C)(C)Cc1ccc(Cl)c(F)c1.CC(C)(C)Cc1ccc(Cl)cc1.CC(C)(C)Cc1ccc(Cl)nc1.CC(C)(C)Cc1ccc(F)c(F)c1.CC(C)(C)Cc1ccc(F)cc1.CC(C)(C)Cc1cnc(Cl)c(F)c1.[C-]#[N+]c1ccc(CC(C)(C)C)cc1F. The van der Waals surface area contributed by atoms with Gasteiger partial charge in [0.15, 0.2) is 22.6 Å². The fourth-order valence-corrected chi connectivity index (χ4v) is 9.07. The second-order valence-electron chi connectivity index (χ2n) is 30.9. The molecule has 0 saturated carbocycles. The summed E-state index contributed by atoms with van der Waals surface area (Å²) in [5.41, 5.74) is 9.07. The Hall–Kier alpha value is -5.37. The second kappa shape index (κ2) is 36.6. The van der Waals surface area contributed by atoms with Crippen molar-refractivity contribution in [3.63, 3.8) is 0 Å². The summed E-state index contributed by atoms with van der Waals surface area (Å²) in [5.74, 6) is -2.89. The third kappa shape index (κ3) is 41.6. The van der Waals surface area contributed by atoms with E-state index in [1.807, 2.05) is 54.7 Å². The van der Waals surface area contributed by atoms with Gasteiger partial charge in [0.25, 0.3) is 0 Å². The van der Waals surface area contributed by atoms with Crippen molar-refractivity contribution < 1.29 is 26.3 Å². The van der Waals surface area contributed by atoms with Gasteiger partial charge in [-0.25, -0.2) is 41.2 Å². The highest BCUT2D eigenvalue weighted by atomic mass is 35.5. The summed E-state index contributed by atoms with van der Waals surface area (Å²) in [6, 6.07) is 34.0. The molecular formula is C76H99Cl4F6N3. The molecule has 488 valence electrons. The minimum absolute atomic E-state index is 0.0577. The van der Waals surface area contributed by atoms with E-state index in [0.29, 0.717) is 16.0 Å². The van der Waals surface area contributed by atoms with Crippen molar-refractivity contribution in [2.24, 2.45) is 37.9 Å². The highest BCUT2D eigenvalue weighted by Crippen LogP contribution is 2.28. The summed E-state index contributed by atoms with van der Waals surface area (Å²) in [5, 5.41) is 1.51. The monoisotopic (exact) mass is 1310 g/mol. The van der Waals surface area contributed by atoms with Crippen molar-refractivity contribution in [1.82, 2.24) is 9.97 Å². The number of hydrogen-bond acceptors (Lipinski definition) is 2. The molecule has 0 aliphatic carbocycles. The zero-order chi connectivity index (χ0) is 68.5. The molecule has 3 nitrogen and oxygen atoms in total. The smallest absolute Gasteiger partial charge is 0.222 e. The predicted octanol–water partition coefficient (Wildman–Crippen LogP) is 25.7. The fourth-order valence-electron chi connectivity index (χ4n) is 8.61. The molecule has 0 atom stereocenters. The molecule has 0 aliphatic rings. The summed E-state index contributed by atoms with van der Waals surface area (Å²) in [7, 11) is 0. The molecular weight excluding hydrogens is 1210 g/mol. The van der Waals surface area contributed by atoms with Crippen molar-refractivity contribution >= 4 is 52.1 Å². The lowest BCUT2D eigenvalue weighted by molar-refractivity contribution is 0.408. The van der Waals surface area contributed by atoms with E-state index < -0.39 is 23.3 Å². The van der Waals surface area contributed by atoms with Crippen LogP contribution >= 0.6 is 46.4 Å². The molecule has 13 heteroatoms. The van der Waals surface area contributed by atoms with Crippen LogP contribution in [0.5, 0.6) is 0 Å². The molecule has 2 heterocycles. The maximum atomic E-state index is 13.2. The molecule has 0 amide bonds. The Morgan fingerprint density at radius 1 is 0.326 bits per heavy atom. The summed E-state index contributed by atoms with van der Waals surface area (Å²) < 4.78 is 77.0. The highest BCUT2D eigenvalue weighted by Gasteiger charge is 2.17. The molecule has 7 aromatic rings. The van der Waals surface area contributed by atoms with E-state index in [4.69, 9.17) is 53.0 Å². The van der Waals surface area contributed by atoms with E-state index in [0.717, 1.165) is 72.2 Å². The van der Waals surface area contributed by atoms with E-state index in [1.165, 1.54) is 59.2 Å². The van der Waals surface area contributed by atoms with Gasteiger partial charge in [-0.2, -0.15) is 0 Å². The first-order chi connectivity index (χ1) is 40.5. The molecule has 0 spiro atoms. The molecule has 0 radical (unpaired) electrons. The quantitative estimate of drug-likeness (QED) is 0.0904. The average Bonchev–Trinajstić information content (AvgIpc) is 3.44. The highest BCUT2D eigenvalue weighted by molar-refractivity contribution is 6.31. The summed E-state index contributed by atoms with van der Waals surface area (Å²) in [4.78, 5) is 10.9. The predicted molar refractivity (Wildman–Crippen MR) is 369 cm³/mol. The van der Waals surface area contributed by atoms with Gasteiger partial charge < -0.3 is 0 Å². The van der Waals surface area contributed by atoms with Gasteiger partial charge in [0, 0.05) is 17.4 Å². The number of pyridine rings is 2. The van der Waals surface area contributed by atoms with Crippen molar-refractivity contribution in [1.29, 1.82) is 0 Å². The topological polar surface area (TPSA) is 30.1 Å². The molecule has 0 fully saturated rings. The van der Waals surface area contributed by atoms with Crippen LogP contribution in [0, 0.1) is 79.4 Å². The van der Waals surface area contributed by atoms with E-state index in [-0.39, 0.29) is 54.6 Å². The largest absolute Gasteiger partial charge is 0.244 e. The van der Waals surface area contributed by atoms with Gasteiger partial charge in [0.1, 0.15) is 22.6 Å². The standard InChI is InChI=1S/C12H14FN.C11H14ClF.C11H15Cl.C11H14F2.C11H15F.C10H13ClFN.C10H14ClN/c1-12(2,3)8-9-5-6-11(14-4)10(13)7-9;1-11(2,3)7-8-4-5-9(12)10(13)6-8;1-11(2,3)8-9-4-6-10(12)7-5-9;1-11(2,3)7-8-4-5-9(12)10(13)6-8;1-11(2,3)8-9-4-6-10(12)7-5-9;1-10(2,3)5-7-4-8(12)9(11)13-6-7;1-10(2,3)6-8-4-5-9(11)12-7-8/h5-7H,8H2,1-3H3;4-6H,7H2,1-3H3;4-7H,8H2,1-3H3;4-6H,7H2,1-3H3;4-7H,8H2,1-3H3;4,6H,5H2,1-3H3;4-5,7H,6H2,1-3H3. The number of rotatable bonds is 7. The second-order valence-corrected chi connectivity index (χ2v) is 32.5. The number of benzene rings is 5. The molecule has 5 aromatic carbocycles. The number of hydrogen-bond donors (Lipinski definition) is 0. The number of aromatic nitrogens is 2. The van der Waals surface area contributed by atoms with Crippen LogP contribution in [0.25, 0.3) is 4.85 Å². The zero-order valence-corrected chi connectivity index (χ0v) is 59.8. The van der Waals surface area contributed by atoms with Crippen molar-refractivity contribution in [3.8, 4) is 0 Å². The van der Waals surface area contributed by atoms with Crippen LogP contribution in [-0.2, 0) is 44.9 Å². The third-order valence-electron chi connectivity index (χ3n) is 11.7.